The van der Waals surface area contributed by atoms with Crippen molar-refractivity contribution in [3.63, 3.8) is 0 Å². The molecule has 7 nitrogen and oxygen atoms in total. The summed E-state index contributed by atoms with van der Waals surface area (Å²) in [5.74, 6) is 2.24. The number of aromatic nitrogens is 3. The fourth-order valence-electron chi connectivity index (χ4n) is 4.05. The Balaban J connectivity index is 1.34. The van der Waals surface area contributed by atoms with Gasteiger partial charge in [-0.3, -0.25) is 9.88 Å². The molecule has 1 N–H and O–H groups in total. The summed E-state index contributed by atoms with van der Waals surface area (Å²) in [4.78, 5) is 13.6. The normalized spacial score (nSPS) is 15.1. The van der Waals surface area contributed by atoms with E-state index in [4.69, 9.17) is 21.3 Å². The lowest BCUT2D eigenvalue weighted by Gasteiger charge is -2.32. The molecule has 5 rings (SSSR count). The number of rotatable bonds is 6. The van der Waals surface area contributed by atoms with Crippen LogP contribution in [0.1, 0.15) is 5.56 Å². The highest BCUT2D eigenvalue weighted by Crippen LogP contribution is 2.29. The van der Waals surface area contributed by atoms with Gasteiger partial charge in [0.2, 0.25) is 5.95 Å². The smallest absolute Gasteiger partial charge is 0.208 e. The van der Waals surface area contributed by atoms with Crippen LogP contribution in [0.2, 0.25) is 5.02 Å². The van der Waals surface area contributed by atoms with Crippen LogP contribution in [0.4, 0.5) is 11.6 Å². The van der Waals surface area contributed by atoms with Crippen LogP contribution in [-0.4, -0.2) is 57.6 Å². The third kappa shape index (κ3) is 4.95. The highest BCUT2D eigenvalue weighted by atomic mass is 35.5. The van der Waals surface area contributed by atoms with Crippen LogP contribution in [0, 0.1) is 0 Å². The molecule has 8 heteroatoms. The Morgan fingerprint density at radius 2 is 1.73 bits per heavy atom. The maximum Gasteiger partial charge on any atom is 0.208 e. The summed E-state index contributed by atoms with van der Waals surface area (Å²) in [6.07, 6.45) is 3.42. The fourth-order valence-corrected chi connectivity index (χ4v) is 4.22. The number of nitrogens with one attached hydrogen (secondary N) is 1. The van der Waals surface area contributed by atoms with E-state index in [9.17, 15) is 0 Å². The van der Waals surface area contributed by atoms with Crippen LogP contribution >= 0.6 is 11.6 Å². The quantitative estimate of drug-likeness (QED) is 0.439. The molecule has 2 aromatic carbocycles. The van der Waals surface area contributed by atoms with Crippen molar-refractivity contribution < 1.29 is 4.74 Å². The van der Waals surface area contributed by atoms with Crippen molar-refractivity contribution in [1.29, 1.82) is 0 Å². The van der Waals surface area contributed by atoms with E-state index in [1.54, 1.807) is 12.4 Å². The number of piperazine rings is 1. The molecule has 0 radical (unpaired) electrons. The maximum atomic E-state index is 6.52. The summed E-state index contributed by atoms with van der Waals surface area (Å²) >= 11 is 6.52. The Kier molecular flexibility index (Phi) is 6.17. The lowest BCUT2D eigenvalue weighted by atomic mass is 10.1. The maximum absolute atomic E-state index is 6.52. The molecule has 1 saturated heterocycles. The van der Waals surface area contributed by atoms with Gasteiger partial charge >= 0.3 is 0 Å². The zero-order valence-electron chi connectivity index (χ0n) is 18.8. The molecule has 0 bridgehead atoms. The molecule has 3 heterocycles. The summed E-state index contributed by atoms with van der Waals surface area (Å²) in [5, 5.41) is 4.25. The lowest BCUT2D eigenvalue weighted by molar-refractivity contribution is 0.148. The van der Waals surface area contributed by atoms with Crippen LogP contribution < -0.4 is 10.1 Å². The Bertz CT molecular complexity index is 1250. The average molecular weight is 463 g/mol. The standard InChI is InChI=1S/C25H27ClN6O/c1-30-11-13-32(14-12-30)17-18-15-19(3-5-22(18)26)28-25-29-23-16-21(4-6-24(23)31(25)2)33-20-7-9-27-10-8-20/h3-10,15-16H,11-14,17H2,1-2H3,(H,28,29). The van der Waals surface area contributed by atoms with E-state index >= 15 is 0 Å². The van der Waals surface area contributed by atoms with Crippen molar-refractivity contribution in [3.8, 4) is 11.5 Å². The predicted molar refractivity (Wildman–Crippen MR) is 133 cm³/mol. The Morgan fingerprint density at radius 1 is 0.939 bits per heavy atom. The first-order valence-corrected chi connectivity index (χ1v) is 11.4. The van der Waals surface area contributed by atoms with E-state index < -0.39 is 0 Å². The molecule has 0 unspecified atom stereocenters. The van der Waals surface area contributed by atoms with Crippen LogP contribution in [0.5, 0.6) is 11.5 Å². The van der Waals surface area contributed by atoms with Gasteiger partial charge in [-0.05, 0) is 55.1 Å². The number of fused-ring (bicyclic) bond motifs is 1. The Labute approximate surface area is 198 Å². The van der Waals surface area contributed by atoms with E-state index in [-0.39, 0.29) is 0 Å². The third-order valence-corrected chi connectivity index (χ3v) is 6.40. The summed E-state index contributed by atoms with van der Waals surface area (Å²) in [5.41, 5.74) is 3.97. The number of likely N-dealkylation sites (N-methyl/N-ethyl adjacent to an activating group) is 1. The highest BCUT2D eigenvalue weighted by molar-refractivity contribution is 6.31. The fraction of sp³-hybridized carbons (Fsp3) is 0.280. The molecule has 1 aliphatic heterocycles. The first-order valence-electron chi connectivity index (χ1n) is 11.1. The SMILES string of the molecule is CN1CCN(Cc2cc(Nc3nc4cc(Oc5ccncc5)ccc4n3C)ccc2Cl)CC1. The van der Waals surface area contributed by atoms with E-state index in [0.717, 1.165) is 77.5 Å². The number of nitrogens with zero attached hydrogens (tertiary/aromatic N) is 5. The third-order valence-electron chi connectivity index (χ3n) is 6.03. The van der Waals surface area contributed by atoms with Gasteiger partial charge in [0.15, 0.2) is 0 Å². The summed E-state index contributed by atoms with van der Waals surface area (Å²) in [7, 11) is 4.17. The van der Waals surface area contributed by atoms with Crippen molar-refractivity contribution in [2.75, 3.05) is 38.5 Å². The Hall–Kier alpha value is -3.13. The number of ether oxygens (including phenoxy) is 1. The number of anilines is 2. The van der Waals surface area contributed by atoms with Crippen LogP contribution in [-0.2, 0) is 13.6 Å². The Morgan fingerprint density at radius 3 is 2.52 bits per heavy atom. The minimum absolute atomic E-state index is 0.735. The summed E-state index contributed by atoms with van der Waals surface area (Å²) < 4.78 is 7.97. The molecule has 1 fully saturated rings. The zero-order valence-corrected chi connectivity index (χ0v) is 19.6. The number of pyridine rings is 1. The molecule has 170 valence electrons. The number of imidazole rings is 1. The molecular formula is C25H27ClN6O. The molecule has 0 amide bonds. The van der Waals surface area contributed by atoms with Crippen LogP contribution in [0.3, 0.4) is 0 Å². The molecular weight excluding hydrogens is 436 g/mol. The summed E-state index contributed by atoms with van der Waals surface area (Å²) in [6.45, 7) is 5.13. The monoisotopic (exact) mass is 462 g/mol. The van der Waals surface area contributed by atoms with Gasteiger partial charge in [0.05, 0.1) is 11.0 Å². The molecule has 0 aliphatic carbocycles. The molecule has 0 atom stereocenters. The molecule has 2 aromatic heterocycles. The summed E-state index contributed by atoms with van der Waals surface area (Å²) in [6, 6.07) is 15.6. The van der Waals surface area contributed by atoms with Gasteiger partial charge in [-0.25, -0.2) is 4.98 Å². The van der Waals surface area contributed by atoms with Crippen molar-refractivity contribution >= 4 is 34.3 Å². The molecule has 33 heavy (non-hydrogen) atoms. The first-order chi connectivity index (χ1) is 16.0. The van der Waals surface area contributed by atoms with Gasteiger partial charge in [-0.15, -0.1) is 0 Å². The lowest BCUT2D eigenvalue weighted by Crippen LogP contribution is -2.43. The van der Waals surface area contributed by atoms with Crippen molar-refractivity contribution in [1.82, 2.24) is 24.3 Å². The number of halogens is 1. The molecule has 1 aliphatic rings. The van der Waals surface area contributed by atoms with Crippen LogP contribution in [0.15, 0.2) is 60.9 Å². The number of benzene rings is 2. The average Bonchev–Trinajstić information content (AvgIpc) is 3.12. The van der Waals surface area contributed by atoms with Gasteiger partial charge in [0.25, 0.3) is 0 Å². The van der Waals surface area contributed by atoms with Crippen molar-refractivity contribution in [2.24, 2.45) is 7.05 Å². The highest BCUT2D eigenvalue weighted by Gasteiger charge is 2.16. The van der Waals surface area contributed by atoms with Crippen molar-refractivity contribution in [3.05, 3.63) is 71.5 Å². The van der Waals surface area contributed by atoms with E-state index in [1.165, 1.54) is 0 Å². The molecule has 4 aromatic rings. The number of hydrogen-bond donors (Lipinski definition) is 1. The van der Waals surface area contributed by atoms with E-state index in [1.807, 2.05) is 54.1 Å². The van der Waals surface area contributed by atoms with E-state index in [2.05, 4.69) is 33.2 Å². The number of hydrogen-bond acceptors (Lipinski definition) is 6. The van der Waals surface area contributed by atoms with Gasteiger partial charge in [-0.1, -0.05) is 11.6 Å². The van der Waals surface area contributed by atoms with Gasteiger partial charge in [0.1, 0.15) is 11.5 Å². The molecule has 0 spiro atoms. The second kappa shape index (κ2) is 9.39. The second-order valence-corrected chi connectivity index (χ2v) is 8.85. The molecule has 0 saturated carbocycles. The predicted octanol–water partition coefficient (Wildman–Crippen LogP) is 4.91. The van der Waals surface area contributed by atoms with Gasteiger partial charge < -0.3 is 19.5 Å². The van der Waals surface area contributed by atoms with Crippen LogP contribution in [0.25, 0.3) is 11.0 Å². The van der Waals surface area contributed by atoms with Gasteiger partial charge in [-0.2, -0.15) is 0 Å². The zero-order chi connectivity index (χ0) is 22.8. The van der Waals surface area contributed by atoms with Gasteiger partial charge in [0, 0.05) is 68.9 Å². The largest absolute Gasteiger partial charge is 0.457 e. The topological polar surface area (TPSA) is 58.4 Å². The number of aryl methyl sites for hydroxylation is 1. The van der Waals surface area contributed by atoms with Crippen molar-refractivity contribution in [2.45, 2.75) is 6.54 Å². The minimum Gasteiger partial charge on any atom is -0.457 e. The first kappa shape index (κ1) is 21.7. The van der Waals surface area contributed by atoms with E-state index in [0.29, 0.717) is 0 Å². The minimum atomic E-state index is 0.735. The second-order valence-electron chi connectivity index (χ2n) is 8.44.